The maximum atomic E-state index is 12.7. The van der Waals surface area contributed by atoms with Crippen LogP contribution in [0, 0.1) is 6.92 Å². The molecule has 0 aliphatic rings. The molecule has 0 aliphatic heterocycles. The lowest BCUT2D eigenvalue weighted by Gasteiger charge is -2.11. The molecule has 0 unspecified atom stereocenters. The predicted octanol–water partition coefficient (Wildman–Crippen LogP) is 4.60. The second kappa shape index (κ2) is 10.7. The molecule has 0 saturated heterocycles. The number of hydrogen-bond acceptors (Lipinski definition) is 5. The average Bonchev–Trinajstić information content (AvgIpc) is 2.78. The van der Waals surface area contributed by atoms with Crippen LogP contribution in [0.1, 0.15) is 18.4 Å². The number of amides is 1. The van der Waals surface area contributed by atoms with Crippen molar-refractivity contribution in [2.45, 2.75) is 24.7 Å². The van der Waals surface area contributed by atoms with Gasteiger partial charge in [-0.15, -0.1) is 0 Å². The minimum absolute atomic E-state index is 0.0498. The zero-order chi connectivity index (χ0) is 23.0. The van der Waals surface area contributed by atoms with E-state index in [1.807, 2.05) is 31.2 Å². The van der Waals surface area contributed by atoms with Crippen LogP contribution in [-0.2, 0) is 14.8 Å². The van der Waals surface area contributed by atoms with Gasteiger partial charge >= 0.3 is 0 Å². The molecule has 2 N–H and O–H groups in total. The van der Waals surface area contributed by atoms with E-state index in [2.05, 4.69) is 10.0 Å². The van der Waals surface area contributed by atoms with Crippen LogP contribution in [0.15, 0.2) is 77.7 Å². The number of rotatable bonds is 10. The van der Waals surface area contributed by atoms with Gasteiger partial charge in [-0.2, -0.15) is 0 Å². The first kappa shape index (κ1) is 23.1. The minimum atomic E-state index is -3.81. The van der Waals surface area contributed by atoms with Crippen molar-refractivity contribution in [3.8, 4) is 11.5 Å². The van der Waals surface area contributed by atoms with Gasteiger partial charge in [0.05, 0.1) is 18.6 Å². The SMILES string of the molecule is COc1ccc(NS(=O)(=O)c2cccc(NC(=O)CCCOc3ccc(C)cc3)c2)cc1. The molecule has 0 aromatic heterocycles. The second-order valence-electron chi connectivity index (χ2n) is 7.18. The number of carbonyl (C=O) groups excluding carboxylic acids is 1. The molecule has 168 valence electrons. The first-order valence-electron chi connectivity index (χ1n) is 10.1. The van der Waals surface area contributed by atoms with Crippen LogP contribution in [0.3, 0.4) is 0 Å². The van der Waals surface area contributed by atoms with Gasteiger partial charge in [0.25, 0.3) is 10.0 Å². The van der Waals surface area contributed by atoms with Gasteiger partial charge in [-0.25, -0.2) is 8.42 Å². The highest BCUT2D eigenvalue weighted by Crippen LogP contribution is 2.21. The quantitative estimate of drug-likeness (QED) is 0.437. The largest absolute Gasteiger partial charge is 0.497 e. The number of benzene rings is 3. The molecule has 0 heterocycles. The Morgan fingerprint density at radius 3 is 2.28 bits per heavy atom. The predicted molar refractivity (Wildman–Crippen MR) is 125 cm³/mol. The van der Waals surface area contributed by atoms with Crippen molar-refractivity contribution < 1.29 is 22.7 Å². The van der Waals surface area contributed by atoms with E-state index in [0.29, 0.717) is 30.2 Å². The van der Waals surface area contributed by atoms with Crippen molar-refractivity contribution in [1.29, 1.82) is 0 Å². The Morgan fingerprint density at radius 1 is 0.906 bits per heavy atom. The molecule has 3 aromatic rings. The van der Waals surface area contributed by atoms with Crippen LogP contribution in [0.2, 0.25) is 0 Å². The number of ether oxygens (including phenoxy) is 2. The number of methoxy groups -OCH3 is 1. The zero-order valence-corrected chi connectivity index (χ0v) is 18.8. The number of sulfonamides is 1. The molecule has 0 bridgehead atoms. The topological polar surface area (TPSA) is 93.7 Å². The van der Waals surface area contributed by atoms with E-state index in [4.69, 9.17) is 9.47 Å². The van der Waals surface area contributed by atoms with E-state index in [-0.39, 0.29) is 17.2 Å². The first-order chi connectivity index (χ1) is 15.4. The third-order valence-electron chi connectivity index (χ3n) is 4.61. The van der Waals surface area contributed by atoms with Crippen molar-refractivity contribution >= 4 is 27.3 Å². The molecule has 1 amide bonds. The monoisotopic (exact) mass is 454 g/mol. The molecule has 8 heteroatoms. The van der Waals surface area contributed by atoms with Crippen molar-refractivity contribution in [1.82, 2.24) is 0 Å². The Bertz CT molecular complexity index is 1140. The van der Waals surface area contributed by atoms with Crippen LogP contribution < -0.4 is 19.5 Å². The van der Waals surface area contributed by atoms with Crippen LogP contribution >= 0.6 is 0 Å². The normalized spacial score (nSPS) is 10.9. The summed E-state index contributed by atoms with van der Waals surface area (Å²) < 4.78 is 38.6. The number of aryl methyl sites for hydroxylation is 1. The van der Waals surface area contributed by atoms with Crippen molar-refractivity contribution in [2.75, 3.05) is 23.8 Å². The first-order valence-corrected chi connectivity index (χ1v) is 11.6. The lowest BCUT2D eigenvalue weighted by Crippen LogP contribution is -2.15. The number of nitrogens with one attached hydrogen (secondary N) is 2. The van der Waals surface area contributed by atoms with Gasteiger partial charge in [0.2, 0.25) is 5.91 Å². The molecule has 0 aliphatic carbocycles. The highest BCUT2D eigenvalue weighted by Gasteiger charge is 2.15. The molecule has 0 saturated carbocycles. The van der Waals surface area contributed by atoms with E-state index >= 15 is 0 Å². The summed E-state index contributed by atoms with van der Waals surface area (Å²) in [5.74, 6) is 1.18. The molecule has 3 aromatic carbocycles. The highest BCUT2D eigenvalue weighted by molar-refractivity contribution is 7.92. The lowest BCUT2D eigenvalue weighted by molar-refractivity contribution is -0.116. The van der Waals surface area contributed by atoms with Crippen LogP contribution in [0.4, 0.5) is 11.4 Å². The summed E-state index contributed by atoms with van der Waals surface area (Å²) in [5, 5.41) is 2.74. The van der Waals surface area contributed by atoms with Crippen molar-refractivity contribution in [3.05, 3.63) is 78.4 Å². The molecule has 32 heavy (non-hydrogen) atoms. The molecule has 0 radical (unpaired) electrons. The fourth-order valence-electron chi connectivity index (χ4n) is 2.89. The Kier molecular flexibility index (Phi) is 7.72. The summed E-state index contributed by atoms with van der Waals surface area (Å²) >= 11 is 0. The number of hydrogen-bond donors (Lipinski definition) is 2. The summed E-state index contributed by atoms with van der Waals surface area (Å²) in [7, 11) is -2.27. The molecule has 0 spiro atoms. The van der Waals surface area contributed by atoms with E-state index in [1.165, 1.54) is 19.2 Å². The van der Waals surface area contributed by atoms with Crippen LogP contribution in [0.25, 0.3) is 0 Å². The molecule has 7 nitrogen and oxygen atoms in total. The average molecular weight is 455 g/mol. The molecule has 0 atom stereocenters. The van der Waals surface area contributed by atoms with E-state index in [0.717, 1.165) is 11.3 Å². The van der Waals surface area contributed by atoms with Gasteiger partial charge in [-0.3, -0.25) is 9.52 Å². The van der Waals surface area contributed by atoms with Gasteiger partial charge in [0.1, 0.15) is 11.5 Å². The summed E-state index contributed by atoms with van der Waals surface area (Å²) in [4.78, 5) is 12.3. The Balaban J connectivity index is 1.52. The third kappa shape index (κ3) is 6.75. The second-order valence-corrected chi connectivity index (χ2v) is 8.86. The molecule has 3 rings (SSSR count). The van der Waals surface area contributed by atoms with Crippen molar-refractivity contribution in [3.63, 3.8) is 0 Å². The number of anilines is 2. The van der Waals surface area contributed by atoms with Gasteiger partial charge in [0, 0.05) is 17.8 Å². The highest BCUT2D eigenvalue weighted by atomic mass is 32.2. The molecular formula is C24H26N2O5S. The van der Waals surface area contributed by atoms with E-state index in [1.54, 1.807) is 36.4 Å². The molecular weight excluding hydrogens is 428 g/mol. The van der Waals surface area contributed by atoms with Crippen LogP contribution in [0.5, 0.6) is 11.5 Å². The van der Waals surface area contributed by atoms with Gasteiger partial charge in [0.15, 0.2) is 0 Å². The summed E-state index contributed by atoms with van der Waals surface area (Å²) in [6.07, 6.45) is 0.795. The van der Waals surface area contributed by atoms with Gasteiger partial charge in [-0.1, -0.05) is 23.8 Å². The van der Waals surface area contributed by atoms with E-state index in [9.17, 15) is 13.2 Å². The summed E-state index contributed by atoms with van der Waals surface area (Å²) in [5.41, 5.74) is 1.97. The van der Waals surface area contributed by atoms with E-state index < -0.39 is 10.0 Å². The Hall–Kier alpha value is -3.52. The number of carbonyl (C=O) groups is 1. The summed E-state index contributed by atoms with van der Waals surface area (Å²) in [6, 6.07) is 20.4. The van der Waals surface area contributed by atoms with Crippen LogP contribution in [-0.4, -0.2) is 28.0 Å². The lowest BCUT2D eigenvalue weighted by atomic mass is 10.2. The maximum Gasteiger partial charge on any atom is 0.261 e. The minimum Gasteiger partial charge on any atom is -0.497 e. The fourth-order valence-corrected chi connectivity index (χ4v) is 4.00. The zero-order valence-electron chi connectivity index (χ0n) is 18.0. The van der Waals surface area contributed by atoms with Gasteiger partial charge in [-0.05, 0) is 67.9 Å². The Labute approximate surface area is 188 Å². The maximum absolute atomic E-state index is 12.7. The van der Waals surface area contributed by atoms with Crippen molar-refractivity contribution in [2.24, 2.45) is 0 Å². The smallest absolute Gasteiger partial charge is 0.261 e. The Morgan fingerprint density at radius 2 is 1.59 bits per heavy atom. The standard InChI is InChI=1S/C24H26N2O5S/c1-18-8-12-22(13-9-18)31-16-4-7-24(27)25-20-5-3-6-23(17-20)32(28,29)26-19-10-14-21(30-2)15-11-19/h3,5-6,8-15,17,26H,4,7,16H2,1-2H3,(H,25,27). The summed E-state index contributed by atoms with van der Waals surface area (Å²) in [6.45, 7) is 2.42. The third-order valence-corrected chi connectivity index (χ3v) is 5.99. The molecule has 0 fully saturated rings. The fraction of sp³-hybridized carbons (Fsp3) is 0.208. The van der Waals surface area contributed by atoms with Gasteiger partial charge < -0.3 is 14.8 Å².